The Morgan fingerprint density at radius 2 is 2.29 bits per heavy atom. The van der Waals surface area contributed by atoms with Crippen molar-refractivity contribution in [1.82, 2.24) is 9.97 Å². The Labute approximate surface area is 99.0 Å². The normalized spacial score (nSPS) is 27.8. The number of nitrogens with one attached hydrogen (secondary N) is 1. The Morgan fingerprint density at radius 1 is 1.59 bits per heavy atom. The van der Waals surface area contributed by atoms with Gasteiger partial charge in [0.05, 0.1) is 17.7 Å². The summed E-state index contributed by atoms with van der Waals surface area (Å²) in [5.41, 5.74) is -0.616. The summed E-state index contributed by atoms with van der Waals surface area (Å²) in [6, 6.07) is 0. The standard InChI is InChI=1S/C10H14N2O4S/c1-10(3-2-4-17(15,16)6-10)9-11-5-7(12-9)8(13)14/h5H,2-4,6H2,1H3,(H,11,12)(H,13,14). The molecule has 1 unspecified atom stereocenters. The second kappa shape index (κ2) is 3.83. The van der Waals surface area contributed by atoms with Gasteiger partial charge in [-0.25, -0.2) is 18.2 Å². The molecule has 0 spiro atoms. The molecule has 0 aromatic carbocycles. The van der Waals surface area contributed by atoms with Gasteiger partial charge in [0.15, 0.2) is 9.84 Å². The van der Waals surface area contributed by atoms with Gasteiger partial charge in [0.25, 0.3) is 0 Å². The van der Waals surface area contributed by atoms with Crippen LogP contribution in [0.2, 0.25) is 0 Å². The van der Waals surface area contributed by atoms with Crippen molar-refractivity contribution in [2.75, 3.05) is 11.5 Å². The first-order valence-corrected chi connectivity index (χ1v) is 7.14. The quantitative estimate of drug-likeness (QED) is 0.808. The number of imidazole rings is 1. The second-order valence-corrected chi connectivity index (χ2v) is 6.89. The zero-order valence-electron chi connectivity index (χ0n) is 9.43. The second-order valence-electron chi connectivity index (χ2n) is 4.71. The van der Waals surface area contributed by atoms with Gasteiger partial charge < -0.3 is 10.1 Å². The molecule has 1 aromatic rings. The molecule has 0 radical (unpaired) electrons. The number of carboxylic acids is 1. The number of carboxylic acid groups (broad SMARTS) is 1. The Hall–Kier alpha value is -1.37. The van der Waals surface area contributed by atoms with Crippen LogP contribution in [0.15, 0.2) is 6.20 Å². The third-order valence-electron chi connectivity index (χ3n) is 3.10. The summed E-state index contributed by atoms with van der Waals surface area (Å²) < 4.78 is 23.2. The first-order chi connectivity index (χ1) is 7.82. The van der Waals surface area contributed by atoms with Crippen LogP contribution in [0.4, 0.5) is 0 Å². The van der Waals surface area contributed by atoms with E-state index < -0.39 is 21.2 Å². The largest absolute Gasteiger partial charge is 0.477 e. The fourth-order valence-corrected chi connectivity index (χ4v) is 4.22. The van der Waals surface area contributed by atoms with Gasteiger partial charge in [0.2, 0.25) is 0 Å². The van der Waals surface area contributed by atoms with E-state index >= 15 is 0 Å². The third-order valence-corrected chi connectivity index (χ3v) is 5.09. The Kier molecular flexibility index (Phi) is 2.73. The highest BCUT2D eigenvalue weighted by Gasteiger charge is 2.38. The van der Waals surface area contributed by atoms with Gasteiger partial charge in [0, 0.05) is 5.41 Å². The van der Waals surface area contributed by atoms with Gasteiger partial charge >= 0.3 is 5.97 Å². The van der Waals surface area contributed by atoms with Crippen LogP contribution in [0.25, 0.3) is 0 Å². The van der Waals surface area contributed by atoms with Crippen LogP contribution < -0.4 is 0 Å². The number of H-pyrrole nitrogens is 1. The Bertz CT molecular complexity index is 548. The fraction of sp³-hybridized carbons (Fsp3) is 0.600. The van der Waals surface area contributed by atoms with E-state index in [1.54, 1.807) is 6.92 Å². The van der Waals surface area contributed by atoms with Crippen molar-refractivity contribution >= 4 is 15.8 Å². The average molecular weight is 258 g/mol. The van der Waals surface area contributed by atoms with Crippen LogP contribution in [0, 0.1) is 0 Å². The highest BCUT2D eigenvalue weighted by molar-refractivity contribution is 7.91. The number of aromatic carboxylic acids is 1. The predicted molar refractivity (Wildman–Crippen MR) is 60.8 cm³/mol. The monoisotopic (exact) mass is 258 g/mol. The minimum atomic E-state index is -3.06. The van der Waals surface area contributed by atoms with E-state index in [4.69, 9.17) is 5.11 Å². The van der Waals surface area contributed by atoms with Crippen molar-refractivity contribution in [2.24, 2.45) is 0 Å². The molecule has 1 atom stereocenters. The van der Waals surface area contributed by atoms with Crippen LogP contribution in [0.1, 0.15) is 36.1 Å². The predicted octanol–water partition coefficient (Wildman–Crippen LogP) is 0.574. The van der Waals surface area contributed by atoms with E-state index in [1.165, 1.54) is 6.20 Å². The molecule has 0 amide bonds. The molecule has 0 saturated carbocycles. The van der Waals surface area contributed by atoms with E-state index in [-0.39, 0.29) is 17.2 Å². The Balaban J connectivity index is 2.34. The lowest BCUT2D eigenvalue weighted by atomic mass is 9.86. The van der Waals surface area contributed by atoms with Crippen molar-refractivity contribution in [3.8, 4) is 0 Å². The number of carbonyl (C=O) groups is 1. The highest BCUT2D eigenvalue weighted by atomic mass is 32.2. The van der Waals surface area contributed by atoms with Crippen LogP contribution in [0.5, 0.6) is 0 Å². The number of hydrogen-bond acceptors (Lipinski definition) is 4. The maximum absolute atomic E-state index is 11.6. The number of aromatic amines is 1. The van der Waals surface area contributed by atoms with E-state index in [0.717, 1.165) is 0 Å². The first kappa shape index (κ1) is 12.1. The summed E-state index contributed by atoms with van der Waals surface area (Å²) in [5, 5.41) is 8.79. The molecule has 1 aliphatic rings. The molecule has 94 valence electrons. The van der Waals surface area contributed by atoms with E-state index in [0.29, 0.717) is 18.7 Å². The fourth-order valence-electron chi connectivity index (χ4n) is 2.24. The van der Waals surface area contributed by atoms with Crippen molar-refractivity contribution in [3.63, 3.8) is 0 Å². The Morgan fingerprint density at radius 3 is 2.82 bits per heavy atom. The zero-order valence-corrected chi connectivity index (χ0v) is 10.2. The van der Waals surface area contributed by atoms with Gasteiger partial charge in [-0.15, -0.1) is 0 Å². The molecular weight excluding hydrogens is 244 g/mol. The lowest BCUT2D eigenvalue weighted by Gasteiger charge is -2.31. The number of nitrogens with zero attached hydrogens (tertiary/aromatic N) is 1. The summed E-state index contributed by atoms with van der Waals surface area (Å²) in [4.78, 5) is 17.4. The molecule has 0 aliphatic carbocycles. The molecule has 2 rings (SSSR count). The minimum Gasteiger partial charge on any atom is -0.477 e. The van der Waals surface area contributed by atoms with Crippen molar-refractivity contribution in [2.45, 2.75) is 25.2 Å². The minimum absolute atomic E-state index is 0.0100. The molecule has 6 nitrogen and oxygen atoms in total. The number of sulfone groups is 1. The van der Waals surface area contributed by atoms with Gasteiger partial charge in [-0.1, -0.05) is 6.92 Å². The van der Waals surface area contributed by atoms with Crippen molar-refractivity contribution in [1.29, 1.82) is 0 Å². The summed E-state index contributed by atoms with van der Waals surface area (Å²) in [6.45, 7) is 1.80. The molecule has 2 heterocycles. The summed E-state index contributed by atoms with van der Waals surface area (Å²) in [6.07, 6.45) is 2.50. The van der Waals surface area contributed by atoms with Crippen LogP contribution >= 0.6 is 0 Å². The lowest BCUT2D eigenvalue weighted by Crippen LogP contribution is -2.38. The molecule has 0 bridgehead atoms. The van der Waals surface area contributed by atoms with Crippen LogP contribution in [-0.2, 0) is 15.3 Å². The smallest absolute Gasteiger partial charge is 0.353 e. The van der Waals surface area contributed by atoms with E-state index in [2.05, 4.69) is 9.97 Å². The molecule has 7 heteroatoms. The van der Waals surface area contributed by atoms with Gasteiger partial charge in [0.1, 0.15) is 11.5 Å². The summed E-state index contributed by atoms with van der Waals surface area (Å²) in [7, 11) is -3.06. The van der Waals surface area contributed by atoms with E-state index in [1.807, 2.05) is 0 Å². The molecule has 1 aliphatic heterocycles. The number of aromatic nitrogens is 2. The van der Waals surface area contributed by atoms with Crippen molar-refractivity contribution < 1.29 is 18.3 Å². The SMILES string of the molecule is CC1(c2ncc(C(=O)O)[nH]2)CCCS(=O)(=O)C1. The lowest BCUT2D eigenvalue weighted by molar-refractivity contribution is 0.0691. The highest BCUT2D eigenvalue weighted by Crippen LogP contribution is 2.33. The van der Waals surface area contributed by atoms with Gasteiger partial charge in [-0.05, 0) is 12.8 Å². The number of rotatable bonds is 2. The first-order valence-electron chi connectivity index (χ1n) is 5.32. The molecule has 1 fully saturated rings. The number of hydrogen-bond donors (Lipinski definition) is 2. The maximum atomic E-state index is 11.6. The van der Waals surface area contributed by atoms with Crippen LogP contribution in [-0.4, -0.2) is 41.0 Å². The zero-order chi connectivity index (χ0) is 12.7. The molecule has 2 N–H and O–H groups in total. The van der Waals surface area contributed by atoms with E-state index in [9.17, 15) is 13.2 Å². The van der Waals surface area contributed by atoms with Crippen LogP contribution in [0.3, 0.4) is 0 Å². The van der Waals surface area contributed by atoms with Gasteiger partial charge in [-0.2, -0.15) is 0 Å². The maximum Gasteiger partial charge on any atom is 0.353 e. The average Bonchev–Trinajstić information content (AvgIpc) is 2.64. The topological polar surface area (TPSA) is 100 Å². The molecule has 1 aromatic heterocycles. The summed E-state index contributed by atoms with van der Waals surface area (Å²) in [5.74, 6) is -0.425. The van der Waals surface area contributed by atoms with Gasteiger partial charge in [-0.3, -0.25) is 0 Å². The molecule has 1 saturated heterocycles. The van der Waals surface area contributed by atoms with Crippen molar-refractivity contribution in [3.05, 3.63) is 17.7 Å². The molecule has 17 heavy (non-hydrogen) atoms. The molecular formula is C10H14N2O4S. The summed E-state index contributed by atoms with van der Waals surface area (Å²) >= 11 is 0. The third kappa shape index (κ3) is 2.33.